The topological polar surface area (TPSA) is 138 Å². The molecule has 0 saturated heterocycles. The Bertz CT molecular complexity index is 1320. The van der Waals surface area contributed by atoms with Crippen LogP contribution in [0.5, 0.6) is 5.75 Å². The van der Waals surface area contributed by atoms with E-state index in [4.69, 9.17) is 10.5 Å². The number of nitrogens with zero attached hydrogens (tertiary/aromatic N) is 2. The lowest BCUT2D eigenvalue weighted by atomic mass is 9.97. The summed E-state index contributed by atoms with van der Waals surface area (Å²) in [5, 5.41) is 23.0. The van der Waals surface area contributed by atoms with E-state index in [1.165, 1.54) is 25.3 Å². The van der Waals surface area contributed by atoms with Crippen LogP contribution < -0.4 is 21.0 Å². The predicted molar refractivity (Wildman–Crippen MR) is 121 cm³/mol. The molecule has 0 radical (unpaired) electrons. The lowest BCUT2D eigenvalue weighted by Gasteiger charge is -2.16. The van der Waals surface area contributed by atoms with Gasteiger partial charge in [0.05, 0.1) is 18.3 Å². The van der Waals surface area contributed by atoms with Gasteiger partial charge in [-0.1, -0.05) is 12.1 Å². The minimum atomic E-state index is -1.09. The van der Waals surface area contributed by atoms with Gasteiger partial charge in [-0.25, -0.2) is 15.2 Å². The quantitative estimate of drug-likeness (QED) is 0.357. The summed E-state index contributed by atoms with van der Waals surface area (Å²) < 4.78 is 5.25. The number of nitrogens with two attached hydrogens (primary N) is 1. The Morgan fingerprint density at radius 2 is 1.97 bits per heavy atom. The highest BCUT2D eigenvalue weighted by Gasteiger charge is 2.15. The van der Waals surface area contributed by atoms with Crippen molar-refractivity contribution in [3.05, 3.63) is 77.1 Å². The summed E-state index contributed by atoms with van der Waals surface area (Å²) in [6.45, 7) is 1.96. The van der Waals surface area contributed by atoms with Crippen LogP contribution in [0.2, 0.25) is 0 Å². The van der Waals surface area contributed by atoms with E-state index in [2.05, 4.69) is 15.3 Å². The number of carbonyl (C=O) groups is 1. The molecule has 1 amide bonds. The summed E-state index contributed by atoms with van der Waals surface area (Å²) in [7, 11) is 1.45. The average Bonchev–Trinajstić information content (AvgIpc) is 2.78. The van der Waals surface area contributed by atoms with Crippen LogP contribution >= 0.6 is 0 Å². The molecular formula is C23H21N5O4. The number of hydrogen-bond acceptors (Lipinski definition) is 7. The van der Waals surface area contributed by atoms with Gasteiger partial charge in [-0.15, -0.1) is 0 Å². The van der Waals surface area contributed by atoms with E-state index in [0.717, 1.165) is 27.6 Å². The molecule has 0 saturated carbocycles. The van der Waals surface area contributed by atoms with Gasteiger partial charge in [-0.05, 0) is 53.9 Å². The number of ether oxygens (including phenoxy) is 1. The third kappa shape index (κ3) is 4.21. The zero-order valence-electron chi connectivity index (χ0n) is 17.4. The Morgan fingerprint density at radius 1 is 1.16 bits per heavy atom. The van der Waals surface area contributed by atoms with Gasteiger partial charge >= 0.3 is 0 Å². The van der Waals surface area contributed by atoms with E-state index >= 15 is 0 Å². The van der Waals surface area contributed by atoms with E-state index in [9.17, 15) is 15.2 Å². The van der Waals surface area contributed by atoms with Gasteiger partial charge in [-0.3, -0.25) is 4.79 Å². The third-order valence-corrected chi connectivity index (χ3v) is 5.10. The van der Waals surface area contributed by atoms with E-state index < -0.39 is 5.23 Å². The van der Waals surface area contributed by atoms with Crippen LogP contribution in [-0.2, 0) is 0 Å². The fraction of sp³-hybridized carbons (Fsp3) is 0.0870. The Kier molecular flexibility index (Phi) is 5.69. The van der Waals surface area contributed by atoms with E-state index in [0.29, 0.717) is 11.3 Å². The lowest BCUT2D eigenvalue weighted by Crippen LogP contribution is -2.99. The first-order chi connectivity index (χ1) is 15.4. The van der Waals surface area contributed by atoms with Crippen LogP contribution in [0.1, 0.15) is 15.9 Å². The number of methoxy groups -OCH3 is 1. The Hall–Kier alpha value is -4.05. The molecule has 0 fully saturated rings. The summed E-state index contributed by atoms with van der Waals surface area (Å²) in [6, 6.07) is 15.4. The number of aryl methyl sites for hydroxylation is 1. The number of fused-ring (bicyclic) bond motifs is 1. The van der Waals surface area contributed by atoms with Crippen molar-refractivity contribution in [2.75, 3.05) is 18.2 Å². The van der Waals surface area contributed by atoms with E-state index in [-0.39, 0.29) is 23.2 Å². The highest BCUT2D eigenvalue weighted by Crippen LogP contribution is 2.30. The van der Waals surface area contributed by atoms with Crippen molar-refractivity contribution >= 4 is 34.1 Å². The predicted octanol–water partition coefficient (Wildman–Crippen LogP) is 2.85. The number of quaternary nitrogens is 1. The SMILES string of the molecule is COc1ccc([NH+]([O-])O)cc1NC(=O)c1ccc(C)c(-c2ccc3nc(N)ncc3c2)c1. The van der Waals surface area contributed by atoms with Crippen LogP contribution in [0.25, 0.3) is 22.0 Å². The number of rotatable bonds is 5. The highest BCUT2D eigenvalue weighted by atomic mass is 16.8. The molecule has 3 aromatic carbocycles. The number of amides is 1. The molecule has 9 nitrogen and oxygen atoms in total. The van der Waals surface area contributed by atoms with Crippen LogP contribution in [0, 0.1) is 12.1 Å². The van der Waals surface area contributed by atoms with E-state index in [1.54, 1.807) is 18.3 Å². The first kappa shape index (κ1) is 21.2. The van der Waals surface area contributed by atoms with Crippen LogP contribution in [-0.4, -0.2) is 28.2 Å². The first-order valence-electron chi connectivity index (χ1n) is 9.71. The molecule has 0 aliphatic rings. The number of anilines is 2. The molecule has 9 heteroatoms. The fourth-order valence-electron chi connectivity index (χ4n) is 3.42. The van der Waals surface area contributed by atoms with Gasteiger partial charge in [0.2, 0.25) is 5.95 Å². The number of nitrogen functional groups attached to an aromatic ring is 1. The van der Waals surface area contributed by atoms with Crippen molar-refractivity contribution in [1.29, 1.82) is 0 Å². The van der Waals surface area contributed by atoms with Crippen molar-refractivity contribution in [1.82, 2.24) is 9.97 Å². The van der Waals surface area contributed by atoms with Crippen LogP contribution in [0.15, 0.2) is 60.8 Å². The normalized spacial score (nSPS) is 11.9. The van der Waals surface area contributed by atoms with E-state index in [1.807, 2.05) is 31.2 Å². The monoisotopic (exact) mass is 431 g/mol. The summed E-state index contributed by atoms with van der Waals surface area (Å²) >= 11 is 0. The van der Waals surface area contributed by atoms with Crippen LogP contribution in [0.4, 0.5) is 17.3 Å². The zero-order chi connectivity index (χ0) is 22.8. The molecule has 162 valence electrons. The number of hydrogen-bond donors (Lipinski definition) is 4. The zero-order valence-corrected chi connectivity index (χ0v) is 17.4. The number of aromatic nitrogens is 2. The van der Waals surface area contributed by atoms with Crippen molar-refractivity contribution < 1.29 is 20.0 Å². The molecule has 0 spiro atoms. The average molecular weight is 431 g/mol. The standard InChI is InChI=1S/C23H21N5O4/c1-13-3-4-15(22(29)26-20-11-17(28(30)31)6-8-21(20)32-2)10-18(13)14-5-7-19-16(9-14)12-25-23(24)27-19/h3-12,28,30H,1-2H3,(H,26,29)(H2,24,25,27). The molecule has 4 rings (SSSR count). The first-order valence-corrected chi connectivity index (χ1v) is 9.71. The van der Waals surface area contributed by atoms with Gasteiger partial charge in [-0.2, -0.15) is 5.23 Å². The summed E-state index contributed by atoms with van der Waals surface area (Å²) in [5.41, 5.74) is 9.90. The Labute approximate surface area is 183 Å². The fourth-order valence-corrected chi connectivity index (χ4v) is 3.42. The Morgan fingerprint density at radius 3 is 2.72 bits per heavy atom. The molecule has 0 aliphatic heterocycles. The molecule has 0 bridgehead atoms. The molecule has 5 N–H and O–H groups in total. The second kappa shape index (κ2) is 8.60. The minimum Gasteiger partial charge on any atom is -0.595 e. The lowest BCUT2D eigenvalue weighted by molar-refractivity contribution is -0.991. The van der Waals surface area contributed by atoms with Gasteiger partial charge in [0, 0.05) is 29.3 Å². The summed E-state index contributed by atoms with van der Waals surface area (Å²) in [6.07, 6.45) is 1.66. The second-order valence-corrected chi connectivity index (χ2v) is 7.21. The van der Waals surface area contributed by atoms with Crippen molar-refractivity contribution in [3.8, 4) is 16.9 Å². The maximum absolute atomic E-state index is 13.0. The van der Waals surface area contributed by atoms with Crippen molar-refractivity contribution in [3.63, 3.8) is 0 Å². The van der Waals surface area contributed by atoms with Gasteiger partial charge in [0.1, 0.15) is 5.75 Å². The smallest absolute Gasteiger partial charge is 0.255 e. The van der Waals surface area contributed by atoms with Crippen molar-refractivity contribution in [2.24, 2.45) is 0 Å². The number of carbonyl (C=O) groups excluding carboxylic acids is 1. The largest absolute Gasteiger partial charge is 0.595 e. The molecule has 1 heterocycles. The summed E-state index contributed by atoms with van der Waals surface area (Å²) in [4.78, 5) is 21.2. The maximum Gasteiger partial charge on any atom is 0.255 e. The molecule has 1 unspecified atom stereocenters. The summed E-state index contributed by atoms with van der Waals surface area (Å²) in [5.74, 6) is 0.191. The molecule has 4 aromatic rings. The van der Waals surface area contributed by atoms with Gasteiger partial charge < -0.3 is 21.0 Å². The highest BCUT2D eigenvalue weighted by molar-refractivity contribution is 6.06. The molecule has 0 aliphatic carbocycles. The molecule has 1 aromatic heterocycles. The van der Waals surface area contributed by atoms with Crippen molar-refractivity contribution in [2.45, 2.75) is 6.92 Å². The second-order valence-electron chi connectivity index (χ2n) is 7.21. The Balaban J connectivity index is 1.68. The van der Waals surface area contributed by atoms with Gasteiger partial charge in [0.15, 0.2) is 5.69 Å². The number of nitrogens with one attached hydrogen (secondary N) is 2. The molecule has 32 heavy (non-hydrogen) atoms. The molecule has 1 atom stereocenters. The maximum atomic E-state index is 13.0. The minimum absolute atomic E-state index is 0.0460. The number of benzene rings is 3. The third-order valence-electron chi connectivity index (χ3n) is 5.10. The van der Waals surface area contributed by atoms with Crippen LogP contribution in [0.3, 0.4) is 0 Å². The van der Waals surface area contributed by atoms with Gasteiger partial charge in [0.25, 0.3) is 5.91 Å². The molecular weight excluding hydrogens is 410 g/mol.